The second kappa shape index (κ2) is 9.32. The zero-order valence-electron chi connectivity index (χ0n) is 16.6. The molecule has 3 aromatic rings. The van der Waals surface area contributed by atoms with E-state index >= 15 is 0 Å². The standard InChI is InChI=1S/C22H22FN3O4/c1-14(2)30-18-5-3-4-15(12-18)20(27)13-24-22(29)19-10-11-21(28)26(25-19)17-8-6-16(23)7-9-17/h3-12,14,20,27H,13H2,1-2H3,(H,24,29). The van der Waals surface area contributed by atoms with Crippen LogP contribution >= 0.6 is 0 Å². The van der Waals surface area contributed by atoms with E-state index < -0.39 is 23.4 Å². The normalized spacial score (nSPS) is 11.9. The van der Waals surface area contributed by atoms with Crippen LogP contribution in [0, 0.1) is 5.82 Å². The Bertz CT molecular complexity index is 1080. The Kier molecular flexibility index (Phi) is 6.58. The molecule has 1 aromatic heterocycles. The molecule has 0 aliphatic heterocycles. The van der Waals surface area contributed by atoms with E-state index in [-0.39, 0.29) is 18.3 Å². The van der Waals surface area contributed by atoms with Gasteiger partial charge >= 0.3 is 0 Å². The van der Waals surface area contributed by atoms with Crippen LogP contribution in [0.2, 0.25) is 0 Å². The van der Waals surface area contributed by atoms with E-state index in [1.54, 1.807) is 24.3 Å². The number of rotatable bonds is 7. The van der Waals surface area contributed by atoms with Gasteiger partial charge in [0, 0.05) is 12.6 Å². The molecule has 1 atom stereocenters. The van der Waals surface area contributed by atoms with Crippen molar-refractivity contribution in [1.82, 2.24) is 15.1 Å². The summed E-state index contributed by atoms with van der Waals surface area (Å²) in [6.07, 6.45) is -0.951. The van der Waals surface area contributed by atoms with Crippen LogP contribution in [-0.4, -0.2) is 33.4 Å². The largest absolute Gasteiger partial charge is 0.491 e. The van der Waals surface area contributed by atoms with Gasteiger partial charge in [0.1, 0.15) is 17.3 Å². The Labute approximate surface area is 172 Å². The van der Waals surface area contributed by atoms with Gasteiger partial charge in [0.15, 0.2) is 0 Å². The summed E-state index contributed by atoms with van der Waals surface area (Å²) in [5.41, 5.74) is 0.457. The molecule has 0 aliphatic rings. The average molecular weight is 411 g/mol. The van der Waals surface area contributed by atoms with Crippen molar-refractivity contribution in [3.8, 4) is 11.4 Å². The maximum Gasteiger partial charge on any atom is 0.271 e. The molecule has 2 N–H and O–H groups in total. The summed E-state index contributed by atoms with van der Waals surface area (Å²) < 4.78 is 19.7. The zero-order chi connectivity index (χ0) is 21.7. The van der Waals surface area contributed by atoms with Crippen LogP contribution in [0.25, 0.3) is 5.69 Å². The van der Waals surface area contributed by atoms with E-state index in [0.29, 0.717) is 17.0 Å². The van der Waals surface area contributed by atoms with Crippen LogP contribution in [0.15, 0.2) is 65.5 Å². The van der Waals surface area contributed by atoms with Gasteiger partial charge in [0.2, 0.25) is 0 Å². The number of nitrogens with one attached hydrogen (secondary N) is 1. The third kappa shape index (κ3) is 5.30. The number of aliphatic hydroxyl groups is 1. The smallest absolute Gasteiger partial charge is 0.271 e. The van der Waals surface area contributed by atoms with Gasteiger partial charge in [-0.15, -0.1) is 0 Å². The molecule has 7 nitrogen and oxygen atoms in total. The molecule has 0 radical (unpaired) electrons. The Morgan fingerprint density at radius 1 is 1.17 bits per heavy atom. The number of halogens is 1. The van der Waals surface area contributed by atoms with E-state index in [2.05, 4.69) is 10.4 Å². The molecule has 1 unspecified atom stereocenters. The lowest BCUT2D eigenvalue weighted by Gasteiger charge is -2.15. The highest BCUT2D eigenvalue weighted by Crippen LogP contribution is 2.20. The van der Waals surface area contributed by atoms with Crippen LogP contribution < -0.4 is 15.6 Å². The predicted molar refractivity (Wildman–Crippen MR) is 109 cm³/mol. The number of amides is 1. The molecule has 0 fully saturated rings. The Balaban J connectivity index is 1.70. The van der Waals surface area contributed by atoms with Gasteiger partial charge in [-0.3, -0.25) is 9.59 Å². The van der Waals surface area contributed by atoms with E-state index in [4.69, 9.17) is 4.74 Å². The summed E-state index contributed by atoms with van der Waals surface area (Å²) in [5.74, 6) is -0.377. The maximum absolute atomic E-state index is 13.1. The van der Waals surface area contributed by atoms with Crippen molar-refractivity contribution in [3.05, 3.63) is 88.1 Å². The highest BCUT2D eigenvalue weighted by Gasteiger charge is 2.14. The molecule has 30 heavy (non-hydrogen) atoms. The van der Waals surface area contributed by atoms with Crippen molar-refractivity contribution in [2.45, 2.75) is 26.1 Å². The number of aromatic nitrogens is 2. The number of carbonyl (C=O) groups excluding carboxylic acids is 1. The Hall–Kier alpha value is -3.52. The van der Waals surface area contributed by atoms with E-state index in [1.165, 1.54) is 36.4 Å². The van der Waals surface area contributed by atoms with Gasteiger partial charge in [-0.05, 0) is 61.9 Å². The van der Waals surface area contributed by atoms with Crippen molar-refractivity contribution in [3.63, 3.8) is 0 Å². The minimum Gasteiger partial charge on any atom is -0.491 e. The highest BCUT2D eigenvalue weighted by molar-refractivity contribution is 5.92. The van der Waals surface area contributed by atoms with Crippen LogP contribution in [0.3, 0.4) is 0 Å². The van der Waals surface area contributed by atoms with Gasteiger partial charge in [-0.1, -0.05) is 12.1 Å². The molecule has 0 bridgehead atoms. The summed E-state index contributed by atoms with van der Waals surface area (Å²) in [7, 11) is 0. The second-order valence-corrected chi connectivity index (χ2v) is 6.91. The van der Waals surface area contributed by atoms with Gasteiger partial charge in [0.25, 0.3) is 11.5 Å². The zero-order valence-corrected chi connectivity index (χ0v) is 16.6. The van der Waals surface area contributed by atoms with Crippen LogP contribution in [0.5, 0.6) is 5.75 Å². The van der Waals surface area contributed by atoms with Gasteiger partial charge in [0.05, 0.1) is 17.9 Å². The molecule has 8 heteroatoms. The van der Waals surface area contributed by atoms with E-state index in [0.717, 1.165) is 4.68 Å². The number of hydrogen-bond donors (Lipinski definition) is 2. The van der Waals surface area contributed by atoms with Gasteiger partial charge in [-0.25, -0.2) is 4.39 Å². The molecule has 1 heterocycles. The molecule has 2 aromatic carbocycles. The summed E-state index contributed by atoms with van der Waals surface area (Å²) in [6.45, 7) is 3.75. The summed E-state index contributed by atoms with van der Waals surface area (Å²) in [5, 5.41) is 17.0. The lowest BCUT2D eigenvalue weighted by atomic mass is 10.1. The fourth-order valence-electron chi connectivity index (χ4n) is 2.76. The number of hydrogen-bond acceptors (Lipinski definition) is 5. The van der Waals surface area contributed by atoms with Gasteiger partial charge < -0.3 is 15.2 Å². The molecular formula is C22H22FN3O4. The molecule has 156 valence electrons. The first-order chi connectivity index (χ1) is 14.3. The van der Waals surface area contributed by atoms with Crippen molar-refractivity contribution in [2.75, 3.05) is 6.54 Å². The first-order valence-corrected chi connectivity index (χ1v) is 9.42. The summed E-state index contributed by atoms with van der Waals surface area (Å²) in [6, 6.07) is 14.7. The topological polar surface area (TPSA) is 93.5 Å². The Morgan fingerprint density at radius 3 is 2.60 bits per heavy atom. The molecule has 0 aliphatic carbocycles. The predicted octanol–water partition coefficient (Wildman–Crippen LogP) is 2.62. The van der Waals surface area contributed by atoms with Crippen LogP contribution in [0.1, 0.15) is 36.0 Å². The lowest BCUT2D eigenvalue weighted by molar-refractivity contribution is 0.0909. The molecule has 3 rings (SSSR count). The average Bonchev–Trinajstić information content (AvgIpc) is 2.72. The fourth-order valence-corrected chi connectivity index (χ4v) is 2.76. The maximum atomic E-state index is 13.1. The van der Waals surface area contributed by atoms with E-state index in [1.807, 2.05) is 13.8 Å². The number of carbonyl (C=O) groups is 1. The first-order valence-electron chi connectivity index (χ1n) is 9.42. The summed E-state index contributed by atoms with van der Waals surface area (Å²) >= 11 is 0. The minimum absolute atomic E-state index is 0.0000375. The van der Waals surface area contributed by atoms with E-state index in [9.17, 15) is 19.1 Å². The first kappa shape index (κ1) is 21.2. The Morgan fingerprint density at radius 2 is 1.90 bits per heavy atom. The molecule has 0 saturated carbocycles. The number of nitrogens with zero attached hydrogens (tertiary/aromatic N) is 2. The molecule has 0 spiro atoms. The molecule has 1 amide bonds. The van der Waals surface area contributed by atoms with Gasteiger partial charge in [-0.2, -0.15) is 9.78 Å². The van der Waals surface area contributed by atoms with Crippen LogP contribution in [0.4, 0.5) is 4.39 Å². The SMILES string of the molecule is CC(C)Oc1cccc(C(O)CNC(=O)c2ccc(=O)n(-c3ccc(F)cc3)n2)c1. The van der Waals surface area contributed by atoms with Crippen molar-refractivity contribution >= 4 is 5.91 Å². The summed E-state index contributed by atoms with van der Waals surface area (Å²) in [4.78, 5) is 24.5. The quantitative estimate of drug-likeness (QED) is 0.623. The fraction of sp³-hybridized carbons (Fsp3) is 0.227. The third-order valence-corrected chi connectivity index (χ3v) is 4.17. The van der Waals surface area contributed by atoms with Crippen molar-refractivity contribution in [2.24, 2.45) is 0 Å². The lowest BCUT2D eigenvalue weighted by Crippen LogP contribution is -2.31. The monoisotopic (exact) mass is 411 g/mol. The number of benzene rings is 2. The van der Waals surface area contributed by atoms with Crippen molar-refractivity contribution < 1.29 is 19.0 Å². The minimum atomic E-state index is -0.951. The van der Waals surface area contributed by atoms with Crippen LogP contribution in [-0.2, 0) is 0 Å². The highest BCUT2D eigenvalue weighted by atomic mass is 19.1. The molecule has 0 saturated heterocycles. The van der Waals surface area contributed by atoms with Crippen molar-refractivity contribution in [1.29, 1.82) is 0 Å². The third-order valence-electron chi connectivity index (χ3n) is 4.17. The molecular weight excluding hydrogens is 389 g/mol. The second-order valence-electron chi connectivity index (χ2n) is 6.91. The number of ether oxygens (including phenoxy) is 1. The number of aliphatic hydroxyl groups excluding tert-OH is 1.